The van der Waals surface area contributed by atoms with E-state index in [2.05, 4.69) is 4.98 Å². The summed E-state index contributed by atoms with van der Waals surface area (Å²) >= 11 is 1.46. The number of anilines is 1. The number of nitrogens with zero attached hydrogens (tertiary/aromatic N) is 1. The molecule has 2 aromatic rings. The zero-order chi connectivity index (χ0) is 12.4. The van der Waals surface area contributed by atoms with E-state index in [0.29, 0.717) is 5.13 Å². The Balaban J connectivity index is 2.38. The van der Waals surface area contributed by atoms with Crippen molar-refractivity contribution < 1.29 is 9.78 Å². The molecule has 0 aliphatic heterocycles. The number of rotatable bonds is 3. The molecule has 0 saturated carbocycles. The molecule has 1 amide bonds. The Kier molecular flexibility index (Phi) is 3.28. The summed E-state index contributed by atoms with van der Waals surface area (Å²) in [5, 5.41) is 0.660. The van der Waals surface area contributed by atoms with Gasteiger partial charge in [0.25, 0.3) is 5.91 Å². The number of nitrogen functional groups attached to an aromatic ring is 1. The number of thiazole rings is 1. The van der Waals surface area contributed by atoms with Crippen molar-refractivity contribution in [2.75, 3.05) is 18.8 Å². The topological polar surface area (TPSA) is 60.5 Å². The van der Waals surface area contributed by atoms with Crippen molar-refractivity contribution in [2.24, 2.45) is 0 Å². The molecule has 0 radical (unpaired) electrons. The fourth-order valence-corrected chi connectivity index (χ4v) is 2.63. The molecule has 1 aromatic carbocycles. The number of fused-ring (bicyclic) bond motifs is 1. The summed E-state index contributed by atoms with van der Waals surface area (Å²) < 4.78 is 1.01. The number of nitrogens with one attached hydrogen (secondary N) is 1. The van der Waals surface area contributed by atoms with Gasteiger partial charge in [-0.25, -0.2) is 4.98 Å². The number of benzene rings is 1. The summed E-state index contributed by atoms with van der Waals surface area (Å²) in [6, 6.07) is 5.64. The molecule has 0 aliphatic rings. The Bertz CT molecular complexity index is 546. The van der Waals surface area contributed by atoms with Crippen LogP contribution in [-0.4, -0.2) is 23.9 Å². The predicted octanol–water partition coefficient (Wildman–Crippen LogP) is 1.78. The predicted molar refractivity (Wildman–Crippen MR) is 70.0 cm³/mol. The van der Waals surface area contributed by atoms with E-state index in [1.54, 1.807) is 0 Å². The van der Waals surface area contributed by atoms with E-state index in [4.69, 9.17) is 5.73 Å². The number of amides is 1. The van der Waals surface area contributed by atoms with Crippen LogP contribution in [0.2, 0.25) is 0 Å². The van der Waals surface area contributed by atoms with Gasteiger partial charge in [0.2, 0.25) is 0 Å². The summed E-state index contributed by atoms with van der Waals surface area (Å²) in [4.78, 5) is 17.0. The van der Waals surface area contributed by atoms with Gasteiger partial charge < -0.3 is 4.90 Å². The van der Waals surface area contributed by atoms with Crippen molar-refractivity contribution >= 4 is 32.6 Å². The summed E-state index contributed by atoms with van der Waals surface area (Å²) in [5.41, 5.74) is 7.39. The molecule has 1 aromatic heterocycles. The van der Waals surface area contributed by atoms with Crippen LogP contribution in [0, 0.1) is 0 Å². The maximum atomic E-state index is 12.1. The molecule has 90 valence electrons. The fraction of sp³-hybridized carbons (Fsp3) is 0.333. The largest absolute Gasteiger partial charge is 0.339 e. The summed E-state index contributed by atoms with van der Waals surface area (Å²) in [6.07, 6.45) is 0. The van der Waals surface area contributed by atoms with Crippen molar-refractivity contribution in [1.82, 2.24) is 4.90 Å². The van der Waals surface area contributed by atoms with Gasteiger partial charge in [-0.05, 0) is 43.4 Å². The smallest absolute Gasteiger partial charge is 0.330 e. The minimum atomic E-state index is 0.0730. The van der Waals surface area contributed by atoms with Gasteiger partial charge in [-0.2, -0.15) is 0 Å². The molecular weight excluding hydrogens is 234 g/mol. The van der Waals surface area contributed by atoms with Crippen LogP contribution >= 0.6 is 11.3 Å². The van der Waals surface area contributed by atoms with E-state index in [9.17, 15) is 4.79 Å². The van der Waals surface area contributed by atoms with Crippen LogP contribution in [-0.2, 0) is 0 Å². The first-order chi connectivity index (χ1) is 8.15. The number of aromatic nitrogens is 1. The lowest BCUT2D eigenvalue weighted by Gasteiger charge is -2.18. The number of hydrogen-bond donors (Lipinski definition) is 1. The third kappa shape index (κ3) is 2.24. The van der Waals surface area contributed by atoms with Crippen molar-refractivity contribution in [3.8, 4) is 0 Å². The second-order valence-corrected chi connectivity index (χ2v) is 4.86. The van der Waals surface area contributed by atoms with Crippen LogP contribution in [0.1, 0.15) is 24.2 Å². The Labute approximate surface area is 104 Å². The molecule has 0 fully saturated rings. The highest BCUT2D eigenvalue weighted by atomic mass is 32.1. The van der Waals surface area contributed by atoms with E-state index >= 15 is 0 Å². The highest BCUT2D eigenvalue weighted by Crippen LogP contribution is 2.21. The van der Waals surface area contributed by atoms with E-state index in [0.717, 1.165) is 28.9 Å². The Morgan fingerprint density at radius 3 is 2.76 bits per heavy atom. The highest BCUT2D eigenvalue weighted by Gasteiger charge is 2.14. The molecule has 4 nitrogen and oxygen atoms in total. The van der Waals surface area contributed by atoms with Gasteiger partial charge in [0.05, 0.1) is 4.70 Å². The van der Waals surface area contributed by atoms with Gasteiger partial charge in [-0.3, -0.25) is 10.5 Å². The Morgan fingerprint density at radius 1 is 1.41 bits per heavy atom. The summed E-state index contributed by atoms with van der Waals surface area (Å²) in [7, 11) is 0. The highest BCUT2D eigenvalue weighted by molar-refractivity contribution is 7.21. The number of hydrogen-bond acceptors (Lipinski definition) is 3. The maximum Gasteiger partial charge on any atom is 0.330 e. The van der Waals surface area contributed by atoms with Crippen LogP contribution in [0.25, 0.3) is 10.2 Å². The number of H-pyrrole nitrogens is 1. The van der Waals surface area contributed by atoms with Crippen molar-refractivity contribution in [1.29, 1.82) is 0 Å². The summed E-state index contributed by atoms with van der Waals surface area (Å²) in [5.74, 6) is 0.0730. The molecule has 17 heavy (non-hydrogen) atoms. The van der Waals surface area contributed by atoms with E-state index in [-0.39, 0.29) is 5.91 Å². The zero-order valence-electron chi connectivity index (χ0n) is 9.99. The molecule has 3 N–H and O–H groups in total. The molecule has 1 heterocycles. The first kappa shape index (κ1) is 11.9. The van der Waals surface area contributed by atoms with Crippen molar-refractivity contribution in [3.05, 3.63) is 23.8 Å². The SMILES string of the molecule is CCN(CC)C(=O)c1ccc2[nH+]c(N)sc2c1. The lowest BCUT2D eigenvalue weighted by atomic mass is 10.2. The normalized spacial score (nSPS) is 10.7. The number of carbonyl (C=O) groups is 1. The Hall–Kier alpha value is -1.62. The minimum absolute atomic E-state index is 0.0730. The lowest BCUT2D eigenvalue weighted by molar-refractivity contribution is -0.320. The molecule has 0 atom stereocenters. The van der Waals surface area contributed by atoms with Crippen molar-refractivity contribution in [2.45, 2.75) is 13.8 Å². The monoisotopic (exact) mass is 250 g/mol. The lowest BCUT2D eigenvalue weighted by Crippen LogP contribution is -2.30. The molecule has 0 bridgehead atoms. The van der Waals surface area contributed by atoms with Crippen LogP contribution < -0.4 is 10.7 Å². The molecule has 0 saturated heterocycles. The van der Waals surface area contributed by atoms with Gasteiger partial charge in [-0.1, -0.05) is 0 Å². The maximum absolute atomic E-state index is 12.1. The standard InChI is InChI=1S/C12H15N3OS/c1-3-15(4-2)11(16)8-5-6-9-10(7-8)17-12(13)14-9/h5-7H,3-4H2,1-2H3,(H2,13,14)/p+1. The average molecular weight is 250 g/mol. The van der Waals surface area contributed by atoms with Crippen LogP contribution in [0.15, 0.2) is 18.2 Å². The fourth-order valence-electron chi connectivity index (χ4n) is 1.81. The second-order valence-electron chi connectivity index (χ2n) is 3.78. The van der Waals surface area contributed by atoms with E-state index in [1.807, 2.05) is 36.9 Å². The molecule has 0 unspecified atom stereocenters. The Morgan fingerprint density at radius 2 is 2.12 bits per heavy atom. The second kappa shape index (κ2) is 4.71. The molecule has 5 heteroatoms. The van der Waals surface area contributed by atoms with Crippen LogP contribution in [0.4, 0.5) is 5.13 Å². The van der Waals surface area contributed by atoms with Gasteiger partial charge in [0, 0.05) is 18.7 Å². The van der Waals surface area contributed by atoms with Gasteiger partial charge >= 0.3 is 5.13 Å². The van der Waals surface area contributed by atoms with Crippen LogP contribution in [0.3, 0.4) is 0 Å². The number of carbonyl (C=O) groups excluding carboxylic acids is 1. The zero-order valence-corrected chi connectivity index (χ0v) is 10.8. The number of aromatic amines is 1. The van der Waals surface area contributed by atoms with E-state index < -0.39 is 0 Å². The summed E-state index contributed by atoms with van der Waals surface area (Å²) in [6.45, 7) is 5.42. The number of nitrogens with two attached hydrogens (primary N) is 1. The van der Waals surface area contributed by atoms with Crippen LogP contribution in [0.5, 0.6) is 0 Å². The van der Waals surface area contributed by atoms with E-state index in [1.165, 1.54) is 11.3 Å². The first-order valence-electron chi connectivity index (χ1n) is 5.66. The van der Waals surface area contributed by atoms with Crippen molar-refractivity contribution in [3.63, 3.8) is 0 Å². The van der Waals surface area contributed by atoms with Gasteiger partial charge in [0.15, 0.2) is 0 Å². The molecule has 0 aliphatic carbocycles. The third-order valence-corrected chi connectivity index (χ3v) is 3.64. The molecule has 0 spiro atoms. The molecule has 2 rings (SSSR count). The minimum Gasteiger partial charge on any atom is -0.339 e. The first-order valence-corrected chi connectivity index (χ1v) is 6.48. The quantitative estimate of drug-likeness (QED) is 0.902. The third-order valence-electron chi connectivity index (χ3n) is 2.76. The molecular formula is C12H16N3OS+. The average Bonchev–Trinajstić information content (AvgIpc) is 2.69. The van der Waals surface area contributed by atoms with Gasteiger partial charge in [0.1, 0.15) is 5.52 Å². The van der Waals surface area contributed by atoms with Gasteiger partial charge in [-0.15, -0.1) is 0 Å².